The Morgan fingerprint density at radius 1 is 0.690 bits per heavy atom. The number of carboxylic acid groups (broad SMARTS) is 1. The van der Waals surface area contributed by atoms with Crippen LogP contribution in [0.15, 0.2) is 12.2 Å². The van der Waals surface area contributed by atoms with Crippen LogP contribution in [0.3, 0.4) is 0 Å². The molecular formula is C40H64O18. The van der Waals surface area contributed by atoms with Crippen LogP contribution in [0.2, 0.25) is 0 Å². The molecule has 0 unspecified atom stereocenters. The van der Waals surface area contributed by atoms with Crippen molar-refractivity contribution in [2.24, 2.45) is 28.1 Å². The lowest BCUT2D eigenvalue weighted by molar-refractivity contribution is -0.399. The average molecular weight is 833 g/mol. The fraction of sp³-hybridized carbons (Fsp3) is 0.925. The molecule has 7 rings (SSSR count). The van der Waals surface area contributed by atoms with Crippen LogP contribution in [-0.2, 0) is 33.2 Å². The number of carbonyl (C=O) groups is 1. The number of carboxylic acids is 1. The topological polar surface area (TPSA) is 295 Å². The van der Waals surface area contributed by atoms with E-state index in [0.717, 1.165) is 31.3 Å². The summed E-state index contributed by atoms with van der Waals surface area (Å²) in [6.45, 7) is 7.00. The van der Waals surface area contributed by atoms with Gasteiger partial charge in [-0.1, -0.05) is 19.9 Å². The maximum atomic E-state index is 12.7. The summed E-state index contributed by atoms with van der Waals surface area (Å²) in [6, 6.07) is 0. The first-order valence-electron chi connectivity index (χ1n) is 20.9. The lowest BCUT2D eigenvalue weighted by Crippen LogP contribution is -2.67. The van der Waals surface area contributed by atoms with E-state index >= 15 is 0 Å². The quantitative estimate of drug-likeness (QED) is 0.0780. The Hall–Kier alpha value is -1.43. The predicted octanol–water partition coefficient (Wildman–Crippen LogP) is -1.59. The highest BCUT2D eigenvalue weighted by Gasteiger charge is 2.69. The van der Waals surface area contributed by atoms with Crippen LogP contribution in [0, 0.1) is 28.1 Å². The Bertz CT molecular complexity index is 1480. The normalized spacial score (nSPS) is 53.2. The van der Waals surface area contributed by atoms with Crippen LogP contribution in [-0.4, -0.2) is 180 Å². The fourth-order valence-corrected chi connectivity index (χ4v) is 12.5. The number of aliphatic hydroxyl groups excluding tert-OH is 10. The van der Waals surface area contributed by atoms with Crippen LogP contribution in [0.1, 0.15) is 84.5 Å². The van der Waals surface area contributed by atoms with Crippen molar-refractivity contribution in [2.75, 3.05) is 19.8 Å². The monoisotopic (exact) mass is 832 g/mol. The van der Waals surface area contributed by atoms with E-state index in [4.69, 9.17) is 28.4 Å². The molecule has 2 bridgehead atoms. The number of aliphatic hydroxyl groups is 10. The van der Waals surface area contributed by atoms with Gasteiger partial charge < -0.3 is 84.6 Å². The summed E-state index contributed by atoms with van der Waals surface area (Å²) >= 11 is 0. The first-order chi connectivity index (χ1) is 27.4. The van der Waals surface area contributed by atoms with Crippen molar-refractivity contribution in [3.8, 4) is 0 Å². The molecule has 0 aromatic rings. The van der Waals surface area contributed by atoms with Crippen molar-refractivity contribution in [1.29, 1.82) is 0 Å². The van der Waals surface area contributed by atoms with Crippen LogP contribution < -0.4 is 0 Å². The summed E-state index contributed by atoms with van der Waals surface area (Å²) in [5, 5.41) is 116. The standard InChI is InChI=1S/C40H64O18/c1-18-15-39-11-5-22-37(2,9-4-10-38(22,3)36(51)52)23(39)6-12-40(18,17-39)58-35-32(57-34-30(50)28(48)25(45)21(16-43)55-34)31(26(46)20(54-35)8-14-42)56-33-29(49)27(47)24(44)19(53-33)7-13-41/h19-35,41-50H,1,4-17H2,2-3H3,(H,51,52)/t19-,20-,21-,22+,23+,24-,25-,26-,27+,28+,29-,30-,31+,32-,33+,34+,35+,37-,38-,39-,40+/m1/s1. The molecule has 3 aliphatic heterocycles. The lowest BCUT2D eigenvalue weighted by Gasteiger charge is -2.64. The number of hydrogen-bond acceptors (Lipinski definition) is 17. The third-order valence-corrected chi connectivity index (χ3v) is 15.5. The molecule has 18 heteroatoms. The summed E-state index contributed by atoms with van der Waals surface area (Å²) in [7, 11) is 0. The molecule has 7 fully saturated rings. The van der Waals surface area contributed by atoms with E-state index in [1.54, 1.807) is 0 Å². The van der Waals surface area contributed by atoms with Crippen LogP contribution >= 0.6 is 0 Å². The largest absolute Gasteiger partial charge is 0.481 e. The molecule has 21 atom stereocenters. The third-order valence-electron chi connectivity index (χ3n) is 15.5. The van der Waals surface area contributed by atoms with Gasteiger partial charge in [0.25, 0.3) is 0 Å². The highest BCUT2D eigenvalue weighted by Crippen LogP contribution is 2.73. The van der Waals surface area contributed by atoms with Gasteiger partial charge in [-0.15, -0.1) is 0 Å². The molecule has 3 saturated heterocycles. The van der Waals surface area contributed by atoms with E-state index < -0.39 is 129 Å². The summed E-state index contributed by atoms with van der Waals surface area (Å²) in [6.07, 6.45) is -18.4. The molecule has 1 spiro atoms. The number of fused-ring (bicyclic) bond motifs is 3. The highest BCUT2D eigenvalue weighted by molar-refractivity contribution is 5.75. The minimum atomic E-state index is -1.89. The van der Waals surface area contributed by atoms with Gasteiger partial charge in [0, 0.05) is 13.2 Å². The van der Waals surface area contributed by atoms with E-state index in [0.29, 0.717) is 32.1 Å². The molecule has 4 saturated carbocycles. The third kappa shape index (κ3) is 7.29. The maximum Gasteiger partial charge on any atom is 0.309 e. The second kappa shape index (κ2) is 16.7. The molecular weight excluding hydrogens is 768 g/mol. The minimum absolute atomic E-state index is 0.00486. The predicted molar refractivity (Wildman–Crippen MR) is 196 cm³/mol. The van der Waals surface area contributed by atoms with E-state index in [9.17, 15) is 61.0 Å². The molecule has 7 aliphatic rings. The van der Waals surface area contributed by atoms with E-state index in [1.165, 1.54) is 0 Å². The molecule has 332 valence electrons. The van der Waals surface area contributed by atoms with Gasteiger partial charge in [-0.05, 0) is 99.4 Å². The molecule has 0 amide bonds. The molecule has 3 heterocycles. The van der Waals surface area contributed by atoms with Gasteiger partial charge in [0.1, 0.15) is 61.0 Å². The van der Waals surface area contributed by atoms with Crippen LogP contribution in [0.5, 0.6) is 0 Å². The molecule has 18 nitrogen and oxygen atoms in total. The Morgan fingerprint density at radius 3 is 1.84 bits per heavy atom. The van der Waals surface area contributed by atoms with Crippen molar-refractivity contribution in [3.05, 3.63) is 12.2 Å². The van der Waals surface area contributed by atoms with Gasteiger partial charge in [0.05, 0.1) is 29.8 Å². The molecule has 58 heavy (non-hydrogen) atoms. The average Bonchev–Trinajstić information content (AvgIpc) is 3.38. The first kappa shape index (κ1) is 44.6. The zero-order chi connectivity index (χ0) is 42.1. The second-order valence-electron chi connectivity index (χ2n) is 18.7. The number of hydrogen-bond donors (Lipinski definition) is 11. The molecule has 0 aromatic heterocycles. The Morgan fingerprint density at radius 2 is 1.24 bits per heavy atom. The SMILES string of the molecule is C=C1C[C@@]23CC[C@H]4[C@@](C)(CCC[C@@]4(C)C(=O)O)[C@@H]2CC[C@]1(O[C@@H]1O[C@H](CCO)[C@@H](O)[C@H](O[C@@H]2O[C@H](CCO)[C@@H](O)[C@H](O)[C@H]2O)[C@H]1O[C@@H]1O[C@H](CO)[C@@H](O)[C@H](O)[C@H]1O)C3. The van der Waals surface area contributed by atoms with Crippen molar-refractivity contribution >= 4 is 5.97 Å². The summed E-state index contributed by atoms with van der Waals surface area (Å²) in [5.41, 5.74) is -1.56. The van der Waals surface area contributed by atoms with Crippen molar-refractivity contribution in [3.63, 3.8) is 0 Å². The highest BCUT2D eigenvalue weighted by atomic mass is 16.8. The summed E-state index contributed by atoms with van der Waals surface area (Å²) in [5.74, 6) is -0.587. The summed E-state index contributed by atoms with van der Waals surface area (Å²) < 4.78 is 37.5. The summed E-state index contributed by atoms with van der Waals surface area (Å²) in [4.78, 5) is 12.7. The van der Waals surface area contributed by atoms with Gasteiger partial charge in [-0.3, -0.25) is 4.79 Å². The lowest BCUT2D eigenvalue weighted by atomic mass is 9.41. The van der Waals surface area contributed by atoms with E-state index in [1.807, 2.05) is 6.92 Å². The molecule has 11 N–H and O–H groups in total. The number of rotatable bonds is 12. The molecule has 4 aliphatic carbocycles. The second-order valence-corrected chi connectivity index (χ2v) is 18.7. The van der Waals surface area contributed by atoms with E-state index in [-0.39, 0.29) is 35.5 Å². The first-order valence-corrected chi connectivity index (χ1v) is 20.9. The molecule has 0 aromatic carbocycles. The Kier molecular flexibility index (Phi) is 12.8. The van der Waals surface area contributed by atoms with Gasteiger partial charge in [0.2, 0.25) is 0 Å². The van der Waals surface area contributed by atoms with Crippen molar-refractivity contribution < 1.29 is 89.4 Å². The van der Waals surface area contributed by atoms with Gasteiger partial charge in [-0.25, -0.2) is 0 Å². The van der Waals surface area contributed by atoms with Gasteiger partial charge >= 0.3 is 5.97 Å². The zero-order valence-corrected chi connectivity index (χ0v) is 33.2. The maximum absolute atomic E-state index is 12.7. The minimum Gasteiger partial charge on any atom is -0.481 e. The van der Waals surface area contributed by atoms with Crippen LogP contribution in [0.4, 0.5) is 0 Å². The zero-order valence-electron chi connectivity index (χ0n) is 33.2. The van der Waals surface area contributed by atoms with E-state index in [2.05, 4.69) is 13.5 Å². The number of aliphatic carboxylic acids is 1. The molecule has 0 radical (unpaired) electrons. The van der Waals surface area contributed by atoms with Crippen molar-refractivity contribution in [1.82, 2.24) is 0 Å². The number of ether oxygens (including phenoxy) is 6. The smallest absolute Gasteiger partial charge is 0.309 e. The van der Waals surface area contributed by atoms with Crippen LogP contribution in [0.25, 0.3) is 0 Å². The van der Waals surface area contributed by atoms with Gasteiger partial charge in [-0.2, -0.15) is 0 Å². The Labute approximate surface area is 337 Å². The van der Waals surface area contributed by atoms with Gasteiger partial charge in [0.15, 0.2) is 18.9 Å². The fourth-order valence-electron chi connectivity index (χ4n) is 12.5. The van der Waals surface area contributed by atoms with Crippen molar-refractivity contribution in [2.45, 2.75) is 182 Å². The Balaban J connectivity index is 1.22.